The number of benzene rings is 1. The van der Waals surface area contributed by atoms with E-state index in [0.717, 1.165) is 18.1 Å². The number of fused-ring (bicyclic) bond motifs is 3. The minimum Gasteiger partial charge on any atom is -0.327 e. The Morgan fingerprint density at radius 1 is 1.29 bits per heavy atom. The Morgan fingerprint density at radius 3 is 2.88 bits per heavy atom. The van der Waals surface area contributed by atoms with E-state index in [2.05, 4.69) is 39.9 Å². The third-order valence-corrected chi connectivity index (χ3v) is 3.59. The largest absolute Gasteiger partial charge is 0.327 e. The van der Waals surface area contributed by atoms with Gasteiger partial charge >= 0.3 is 0 Å². The number of hydrogen-bond donors (Lipinski definition) is 1. The van der Waals surface area contributed by atoms with Crippen molar-refractivity contribution >= 4 is 0 Å². The lowest BCUT2D eigenvalue weighted by Gasteiger charge is -2.14. The van der Waals surface area contributed by atoms with E-state index in [4.69, 9.17) is 5.73 Å². The van der Waals surface area contributed by atoms with Crippen LogP contribution in [-0.2, 0) is 6.42 Å². The van der Waals surface area contributed by atoms with Gasteiger partial charge in [-0.3, -0.25) is 4.57 Å². The SMILES string of the molecule is Cc1nnc2n1-c1ccccc1CC(N)C2C. The van der Waals surface area contributed by atoms with Crippen LogP contribution in [-0.4, -0.2) is 20.8 Å². The molecule has 4 nitrogen and oxygen atoms in total. The van der Waals surface area contributed by atoms with E-state index in [-0.39, 0.29) is 12.0 Å². The standard InChI is InChI=1S/C13H16N4/c1-8-11(14)7-10-5-3-4-6-12(10)17-9(2)15-16-13(8)17/h3-6,8,11H,7,14H2,1-2H3. The molecule has 3 rings (SSSR count). The number of nitrogens with zero attached hydrogens (tertiary/aromatic N) is 3. The number of para-hydroxylation sites is 1. The van der Waals surface area contributed by atoms with Gasteiger partial charge in [-0.1, -0.05) is 25.1 Å². The van der Waals surface area contributed by atoms with Crippen molar-refractivity contribution in [3.05, 3.63) is 41.5 Å². The van der Waals surface area contributed by atoms with Crippen molar-refractivity contribution in [1.82, 2.24) is 14.8 Å². The monoisotopic (exact) mass is 228 g/mol. The molecule has 0 amide bonds. The van der Waals surface area contributed by atoms with Gasteiger partial charge in [0.2, 0.25) is 0 Å². The topological polar surface area (TPSA) is 56.7 Å². The highest BCUT2D eigenvalue weighted by Crippen LogP contribution is 2.29. The molecule has 2 aromatic rings. The number of rotatable bonds is 0. The van der Waals surface area contributed by atoms with Gasteiger partial charge < -0.3 is 5.73 Å². The van der Waals surface area contributed by atoms with Crippen molar-refractivity contribution in [3.8, 4) is 5.69 Å². The maximum Gasteiger partial charge on any atom is 0.142 e. The lowest BCUT2D eigenvalue weighted by Crippen LogP contribution is -2.28. The van der Waals surface area contributed by atoms with E-state index in [1.165, 1.54) is 11.3 Å². The average Bonchev–Trinajstić information content (AvgIpc) is 2.66. The lowest BCUT2D eigenvalue weighted by atomic mass is 9.96. The van der Waals surface area contributed by atoms with Crippen LogP contribution >= 0.6 is 0 Å². The van der Waals surface area contributed by atoms with Crippen LogP contribution in [0.3, 0.4) is 0 Å². The summed E-state index contributed by atoms with van der Waals surface area (Å²) in [5, 5.41) is 8.46. The Bertz CT molecular complexity index is 558. The van der Waals surface area contributed by atoms with Gasteiger partial charge in [0.1, 0.15) is 11.6 Å². The molecule has 2 heterocycles. The molecule has 0 bridgehead atoms. The highest BCUT2D eigenvalue weighted by atomic mass is 15.3. The van der Waals surface area contributed by atoms with Crippen molar-refractivity contribution in [2.45, 2.75) is 32.2 Å². The van der Waals surface area contributed by atoms with Crippen LogP contribution in [0.15, 0.2) is 24.3 Å². The number of aryl methyl sites for hydroxylation is 1. The Hall–Kier alpha value is -1.68. The average molecular weight is 228 g/mol. The first-order chi connectivity index (χ1) is 8.18. The van der Waals surface area contributed by atoms with Gasteiger partial charge in [-0.25, -0.2) is 0 Å². The van der Waals surface area contributed by atoms with Gasteiger partial charge in [-0.15, -0.1) is 10.2 Å². The molecule has 2 unspecified atom stereocenters. The van der Waals surface area contributed by atoms with Crippen LogP contribution in [0.2, 0.25) is 0 Å². The minimum absolute atomic E-state index is 0.0981. The van der Waals surface area contributed by atoms with Gasteiger partial charge in [0.15, 0.2) is 0 Å². The zero-order chi connectivity index (χ0) is 12.0. The van der Waals surface area contributed by atoms with E-state index >= 15 is 0 Å². The van der Waals surface area contributed by atoms with Crippen LogP contribution in [0.4, 0.5) is 0 Å². The molecule has 2 N–H and O–H groups in total. The summed E-state index contributed by atoms with van der Waals surface area (Å²) in [5.41, 5.74) is 8.68. The molecule has 1 aliphatic heterocycles. The molecule has 0 fully saturated rings. The molecule has 4 heteroatoms. The molecule has 0 radical (unpaired) electrons. The molecule has 1 aliphatic rings. The smallest absolute Gasteiger partial charge is 0.142 e. The van der Waals surface area contributed by atoms with Crippen LogP contribution < -0.4 is 5.73 Å². The van der Waals surface area contributed by atoms with Crippen LogP contribution in [0, 0.1) is 6.92 Å². The van der Waals surface area contributed by atoms with Gasteiger partial charge in [0, 0.05) is 12.0 Å². The molecule has 2 atom stereocenters. The zero-order valence-corrected chi connectivity index (χ0v) is 10.1. The van der Waals surface area contributed by atoms with E-state index in [1.54, 1.807) is 0 Å². The maximum absolute atomic E-state index is 6.24. The van der Waals surface area contributed by atoms with Gasteiger partial charge in [-0.05, 0) is 25.0 Å². The van der Waals surface area contributed by atoms with Crippen LogP contribution in [0.5, 0.6) is 0 Å². The Balaban J connectivity index is 2.31. The molecule has 0 saturated heterocycles. The quantitative estimate of drug-likeness (QED) is 0.744. The normalized spacial score (nSPS) is 22.8. The fraction of sp³-hybridized carbons (Fsp3) is 0.385. The zero-order valence-electron chi connectivity index (χ0n) is 10.1. The highest BCUT2D eigenvalue weighted by molar-refractivity contribution is 5.45. The first-order valence-electron chi connectivity index (χ1n) is 5.94. The second-order valence-corrected chi connectivity index (χ2v) is 4.73. The number of hydrogen-bond acceptors (Lipinski definition) is 3. The second kappa shape index (κ2) is 3.67. The van der Waals surface area contributed by atoms with Crippen molar-refractivity contribution in [2.24, 2.45) is 5.73 Å². The summed E-state index contributed by atoms with van der Waals surface area (Å²) in [7, 11) is 0. The van der Waals surface area contributed by atoms with Crippen molar-refractivity contribution in [1.29, 1.82) is 0 Å². The molecule has 1 aromatic heterocycles. The Kier molecular flexibility index (Phi) is 2.26. The van der Waals surface area contributed by atoms with E-state index < -0.39 is 0 Å². The van der Waals surface area contributed by atoms with Gasteiger partial charge in [-0.2, -0.15) is 0 Å². The Morgan fingerprint density at radius 2 is 2.06 bits per heavy atom. The molecular weight excluding hydrogens is 212 g/mol. The number of aromatic nitrogens is 3. The first kappa shape index (κ1) is 10.5. The predicted octanol–water partition coefficient (Wildman–Crippen LogP) is 1.56. The summed E-state index contributed by atoms with van der Waals surface area (Å²) < 4.78 is 2.13. The summed E-state index contributed by atoms with van der Waals surface area (Å²) in [5.74, 6) is 2.12. The maximum atomic E-state index is 6.24. The van der Waals surface area contributed by atoms with Crippen molar-refractivity contribution in [2.75, 3.05) is 0 Å². The molecule has 0 saturated carbocycles. The molecule has 1 aromatic carbocycles. The van der Waals surface area contributed by atoms with E-state index in [1.807, 2.05) is 13.0 Å². The summed E-state index contributed by atoms with van der Waals surface area (Å²) in [6.45, 7) is 4.10. The van der Waals surface area contributed by atoms with Crippen molar-refractivity contribution in [3.63, 3.8) is 0 Å². The molecule has 0 aliphatic carbocycles. The van der Waals surface area contributed by atoms with Crippen LogP contribution in [0.25, 0.3) is 5.69 Å². The highest BCUT2D eigenvalue weighted by Gasteiger charge is 2.27. The fourth-order valence-electron chi connectivity index (χ4n) is 2.50. The lowest BCUT2D eigenvalue weighted by molar-refractivity contribution is 0.545. The van der Waals surface area contributed by atoms with Crippen LogP contribution in [0.1, 0.15) is 30.1 Å². The molecule has 88 valence electrons. The third-order valence-electron chi connectivity index (χ3n) is 3.59. The second-order valence-electron chi connectivity index (χ2n) is 4.73. The molecular formula is C13H16N4. The third kappa shape index (κ3) is 1.48. The molecule has 17 heavy (non-hydrogen) atoms. The first-order valence-corrected chi connectivity index (χ1v) is 5.94. The van der Waals surface area contributed by atoms with Crippen molar-refractivity contribution < 1.29 is 0 Å². The van der Waals surface area contributed by atoms with E-state index in [9.17, 15) is 0 Å². The van der Waals surface area contributed by atoms with E-state index in [0.29, 0.717) is 0 Å². The summed E-state index contributed by atoms with van der Waals surface area (Å²) in [6, 6.07) is 8.45. The minimum atomic E-state index is 0.0981. The summed E-state index contributed by atoms with van der Waals surface area (Å²) in [6.07, 6.45) is 0.889. The summed E-state index contributed by atoms with van der Waals surface area (Å²) in [4.78, 5) is 0. The molecule has 0 spiro atoms. The predicted molar refractivity (Wildman–Crippen MR) is 66.2 cm³/mol. The Labute approximate surface area is 100 Å². The van der Waals surface area contributed by atoms with Gasteiger partial charge in [0.25, 0.3) is 0 Å². The van der Waals surface area contributed by atoms with Gasteiger partial charge in [0.05, 0.1) is 5.69 Å². The summed E-state index contributed by atoms with van der Waals surface area (Å²) >= 11 is 0. The fourth-order valence-corrected chi connectivity index (χ4v) is 2.50. The number of nitrogens with two attached hydrogens (primary N) is 1.